The van der Waals surface area contributed by atoms with Crippen molar-refractivity contribution in [2.75, 3.05) is 7.11 Å². The molecule has 6 nitrogen and oxygen atoms in total. The molecule has 2 heterocycles. The topological polar surface area (TPSA) is 68.6 Å². The van der Waals surface area contributed by atoms with Crippen molar-refractivity contribution >= 4 is 10.9 Å². The number of hydrogen-bond acceptors (Lipinski definition) is 4. The van der Waals surface area contributed by atoms with Gasteiger partial charge in [-0.15, -0.1) is 10.2 Å². The number of nitrogens with zero attached hydrogens (tertiary/aromatic N) is 4. The number of methoxy groups -OCH3 is 1. The lowest BCUT2D eigenvalue weighted by molar-refractivity contribution is 0.414. The first-order valence-corrected chi connectivity index (χ1v) is 7.29. The van der Waals surface area contributed by atoms with Crippen LogP contribution < -0.4 is 4.74 Å². The Kier molecular flexibility index (Phi) is 3.27. The van der Waals surface area contributed by atoms with Gasteiger partial charge >= 0.3 is 0 Å². The third-order valence-electron chi connectivity index (χ3n) is 3.86. The molecule has 0 radical (unpaired) electrons. The number of H-pyrrole nitrogens is 1. The number of ether oxygens (including phenoxy) is 1. The zero-order chi connectivity index (χ0) is 15.6. The molecule has 4 rings (SSSR count). The van der Waals surface area contributed by atoms with Crippen molar-refractivity contribution in [3.8, 4) is 17.1 Å². The lowest BCUT2D eigenvalue weighted by Crippen LogP contribution is -1.98. The summed E-state index contributed by atoms with van der Waals surface area (Å²) in [6, 6.07) is 16.4. The maximum absolute atomic E-state index is 5.29. The van der Waals surface area contributed by atoms with Crippen LogP contribution in [-0.4, -0.2) is 32.3 Å². The summed E-state index contributed by atoms with van der Waals surface area (Å²) in [7, 11) is 1.68. The molecule has 23 heavy (non-hydrogen) atoms. The molecule has 0 atom stereocenters. The Hall–Kier alpha value is -3.15. The molecule has 0 bridgehead atoms. The van der Waals surface area contributed by atoms with Crippen molar-refractivity contribution in [1.82, 2.24) is 25.2 Å². The number of hydrogen-bond donors (Lipinski definition) is 1. The second-order valence-corrected chi connectivity index (χ2v) is 5.30. The van der Waals surface area contributed by atoms with Gasteiger partial charge in [-0.1, -0.05) is 12.1 Å². The molecule has 2 aromatic heterocycles. The number of aromatic nitrogens is 5. The van der Waals surface area contributed by atoms with Crippen molar-refractivity contribution in [3.05, 3.63) is 60.3 Å². The van der Waals surface area contributed by atoms with Crippen molar-refractivity contribution in [2.45, 2.75) is 6.54 Å². The van der Waals surface area contributed by atoms with Gasteiger partial charge in [0.2, 0.25) is 5.82 Å². The first-order chi connectivity index (χ1) is 11.3. The number of nitrogens with one attached hydrogen (secondary N) is 1. The quantitative estimate of drug-likeness (QED) is 0.629. The third-order valence-corrected chi connectivity index (χ3v) is 3.86. The van der Waals surface area contributed by atoms with Crippen molar-refractivity contribution in [2.24, 2.45) is 0 Å². The first kappa shape index (κ1) is 13.5. The molecule has 0 aliphatic carbocycles. The Bertz CT molecular complexity index is 943. The fourth-order valence-electron chi connectivity index (χ4n) is 2.73. The third kappa shape index (κ3) is 2.55. The summed E-state index contributed by atoms with van der Waals surface area (Å²) in [5.74, 6) is 1.48. The predicted molar refractivity (Wildman–Crippen MR) is 87.2 cm³/mol. The lowest BCUT2D eigenvalue weighted by Gasteiger charge is -2.08. The molecule has 0 aliphatic rings. The Labute approximate surface area is 132 Å². The molecule has 0 amide bonds. The Morgan fingerprint density at radius 1 is 1.13 bits per heavy atom. The normalized spacial score (nSPS) is 11.0. The monoisotopic (exact) mass is 305 g/mol. The van der Waals surface area contributed by atoms with Gasteiger partial charge in [0.1, 0.15) is 5.75 Å². The number of aromatic amines is 1. The number of tetrazole rings is 1. The molecule has 0 saturated carbocycles. The van der Waals surface area contributed by atoms with Crippen LogP contribution in [0, 0.1) is 0 Å². The van der Waals surface area contributed by atoms with Crippen LogP contribution >= 0.6 is 0 Å². The zero-order valence-corrected chi connectivity index (χ0v) is 12.6. The van der Waals surface area contributed by atoms with Crippen LogP contribution in [0.3, 0.4) is 0 Å². The van der Waals surface area contributed by atoms with Crippen LogP contribution in [0.1, 0.15) is 5.56 Å². The van der Waals surface area contributed by atoms with Gasteiger partial charge in [-0.2, -0.15) is 5.21 Å². The summed E-state index contributed by atoms with van der Waals surface area (Å²) < 4.78 is 7.50. The summed E-state index contributed by atoms with van der Waals surface area (Å²) in [6.07, 6.45) is 2.09. The molecular weight excluding hydrogens is 290 g/mol. The predicted octanol–water partition coefficient (Wildman–Crippen LogP) is 2.88. The number of fused-ring (bicyclic) bond motifs is 1. The summed E-state index contributed by atoms with van der Waals surface area (Å²) in [5.41, 5.74) is 3.31. The summed E-state index contributed by atoms with van der Waals surface area (Å²) in [6.45, 7) is 0.794. The number of benzene rings is 2. The van der Waals surface area contributed by atoms with Gasteiger partial charge in [0, 0.05) is 29.2 Å². The molecule has 0 fully saturated rings. The van der Waals surface area contributed by atoms with E-state index in [1.807, 2.05) is 18.2 Å². The van der Waals surface area contributed by atoms with E-state index in [-0.39, 0.29) is 0 Å². The largest absolute Gasteiger partial charge is 0.497 e. The van der Waals surface area contributed by atoms with E-state index < -0.39 is 0 Å². The molecule has 0 spiro atoms. The van der Waals surface area contributed by atoms with E-state index in [1.54, 1.807) is 7.11 Å². The highest BCUT2D eigenvalue weighted by atomic mass is 16.5. The second-order valence-electron chi connectivity index (χ2n) is 5.30. The van der Waals surface area contributed by atoms with Crippen LogP contribution in [0.5, 0.6) is 5.75 Å². The van der Waals surface area contributed by atoms with Gasteiger partial charge in [-0.3, -0.25) is 0 Å². The highest BCUT2D eigenvalue weighted by molar-refractivity contribution is 5.84. The maximum atomic E-state index is 5.29. The molecule has 6 heteroatoms. The Morgan fingerprint density at radius 3 is 2.91 bits per heavy atom. The fraction of sp³-hybridized carbons (Fsp3) is 0.118. The Morgan fingerprint density at radius 2 is 2.09 bits per heavy atom. The summed E-state index contributed by atoms with van der Waals surface area (Å²) in [5, 5.41) is 15.3. The number of rotatable bonds is 4. The zero-order valence-electron chi connectivity index (χ0n) is 12.6. The maximum Gasteiger partial charge on any atom is 0.204 e. The van der Waals surface area contributed by atoms with Crippen LogP contribution in [0.2, 0.25) is 0 Å². The molecule has 2 aromatic carbocycles. The summed E-state index contributed by atoms with van der Waals surface area (Å²) in [4.78, 5) is 0. The average Bonchev–Trinajstić information content (AvgIpc) is 3.25. The molecular formula is C17H15N5O. The average molecular weight is 305 g/mol. The summed E-state index contributed by atoms with van der Waals surface area (Å²) >= 11 is 0. The van der Waals surface area contributed by atoms with E-state index in [0.29, 0.717) is 5.82 Å². The van der Waals surface area contributed by atoms with Gasteiger partial charge in [0.05, 0.1) is 7.11 Å². The minimum atomic E-state index is 0.604. The van der Waals surface area contributed by atoms with Gasteiger partial charge in [-0.25, -0.2) is 0 Å². The van der Waals surface area contributed by atoms with Crippen molar-refractivity contribution in [3.63, 3.8) is 0 Å². The SMILES string of the molecule is COc1cccc(Cn2ccc3cc(-c4nn[nH]n4)ccc32)c1. The van der Waals surface area contributed by atoms with E-state index in [2.05, 4.69) is 61.7 Å². The second kappa shape index (κ2) is 5.57. The highest BCUT2D eigenvalue weighted by Crippen LogP contribution is 2.23. The van der Waals surface area contributed by atoms with Gasteiger partial charge in [0.15, 0.2) is 0 Å². The van der Waals surface area contributed by atoms with Gasteiger partial charge in [-0.05, 0) is 47.2 Å². The lowest BCUT2D eigenvalue weighted by atomic mass is 10.1. The van der Waals surface area contributed by atoms with E-state index in [4.69, 9.17) is 4.74 Å². The fourth-order valence-corrected chi connectivity index (χ4v) is 2.73. The van der Waals surface area contributed by atoms with E-state index in [9.17, 15) is 0 Å². The molecule has 1 N–H and O–H groups in total. The van der Waals surface area contributed by atoms with Gasteiger partial charge < -0.3 is 9.30 Å². The van der Waals surface area contributed by atoms with Crippen LogP contribution in [-0.2, 0) is 6.54 Å². The smallest absolute Gasteiger partial charge is 0.204 e. The van der Waals surface area contributed by atoms with E-state index in [1.165, 1.54) is 11.1 Å². The highest BCUT2D eigenvalue weighted by Gasteiger charge is 2.07. The molecule has 114 valence electrons. The van der Waals surface area contributed by atoms with Crippen LogP contribution in [0.15, 0.2) is 54.7 Å². The molecule has 4 aromatic rings. The molecule has 0 saturated heterocycles. The van der Waals surface area contributed by atoms with Gasteiger partial charge in [0.25, 0.3) is 0 Å². The molecule has 0 aliphatic heterocycles. The van der Waals surface area contributed by atoms with E-state index in [0.717, 1.165) is 23.2 Å². The standard InChI is InChI=1S/C17H15N5O/c1-23-15-4-2-3-12(9-15)11-22-8-7-13-10-14(5-6-16(13)22)17-18-20-21-19-17/h2-10H,11H2,1H3,(H,18,19,20,21). The van der Waals surface area contributed by atoms with Crippen molar-refractivity contribution < 1.29 is 4.74 Å². The van der Waals surface area contributed by atoms with E-state index >= 15 is 0 Å². The van der Waals surface area contributed by atoms with Crippen molar-refractivity contribution in [1.29, 1.82) is 0 Å². The Balaban J connectivity index is 1.68. The first-order valence-electron chi connectivity index (χ1n) is 7.29. The van der Waals surface area contributed by atoms with Crippen LogP contribution in [0.4, 0.5) is 0 Å². The minimum absolute atomic E-state index is 0.604. The molecule has 0 unspecified atom stereocenters. The van der Waals surface area contributed by atoms with Crippen LogP contribution in [0.25, 0.3) is 22.3 Å². The minimum Gasteiger partial charge on any atom is -0.497 e.